The van der Waals surface area contributed by atoms with Crippen LogP contribution in [-0.2, 0) is 26.8 Å². The summed E-state index contributed by atoms with van der Waals surface area (Å²) < 4.78 is 52.4. The van der Waals surface area contributed by atoms with E-state index in [9.17, 15) is 12.3 Å². The topological polar surface area (TPSA) is 80.3 Å². The molecule has 0 saturated heterocycles. The molecule has 0 unspecified atom stereocenters. The van der Waals surface area contributed by atoms with Crippen LogP contribution in [0.1, 0.15) is 5.56 Å². The van der Waals surface area contributed by atoms with Crippen LogP contribution < -0.4 is 4.72 Å². The van der Waals surface area contributed by atoms with Gasteiger partial charge in [0.1, 0.15) is 0 Å². The van der Waals surface area contributed by atoms with Crippen molar-refractivity contribution in [1.82, 2.24) is 4.72 Å². The first-order valence-corrected chi connectivity index (χ1v) is 8.14. The third kappa shape index (κ3) is 15.0. The van der Waals surface area contributed by atoms with Crippen LogP contribution in [0, 0.1) is 0 Å². The Morgan fingerprint density at radius 1 is 1.06 bits per heavy atom. The van der Waals surface area contributed by atoms with E-state index in [4.69, 9.17) is 8.42 Å². The minimum Gasteiger partial charge on any atom is -0.213 e. The molecule has 0 bridgehead atoms. The number of nitrogens with one attached hydrogen (secondary N) is 1. The lowest BCUT2D eigenvalue weighted by atomic mass is 10.2. The van der Waals surface area contributed by atoms with Gasteiger partial charge in [-0.2, -0.15) is 8.42 Å². The Morgan fingerprint density at radius 2 is 1.47 bits per heavy atom. The van der Waals surface area contributed by atoms with Crippen molar-refractivity contribution in [3.05, 3.63) is 35.9 Å². The first kappa shape index (κ1) is 16.0. The summed E-state index contributed by atoms with van der Waals surface area (Å²) in [5, 5.41) is 0. The van der Waals surface area contributed by atoms with Gasteiger partial charge in [-0.05, 0) is 5.56 Å². The van der Waals surface area contributed by atoms with Gasteiger partial charge in [0.25, 0.3) is 10.2 Å². The molecule has 1 aromatic rings. The molecule has 0 spiro atoms. The molecule has 1 N–H and O–H groups in total. The SMILES string of the molecule is CS(=O)(=O)F.CS(=O)(=O)NCc1ccccc1. The van der Waals surface area contributed by atoms with Crippen molar-refractivity contribution in [2.24, 2.45) is 0 Å². The van der Waals surface area contributed by atoms with Crippen molar-refractivity contribution in [2.45, 2.75) is 6.54 Å². The number of hydrogen-bond acceptors (Lipinski definition) is 4. The Kier molecular flexibility index (Phi) is 6.29. The number of sulfonamides is 1. The number of rotatable bonds is 3. The fraction of sp³-hybridized carbons (Fsp3) is 0.333. The Bertz CT molecular complexity index is 517. The van der Waals surface area contributed by atoms with E-state index >= 15 is 0 Å². The van der Waals surface area contributed by atoms with Gasteiger partial charge in [-0.3, -0.25) is 0 Å². The summed E-state index contributed by atoms with van der Waals surface area (Å²) >= 11 is 0. The molecule has 5 nitrogen and oxygen atoms in total. The summed E-state index contributed by atoms with van der Waals surface area (Å²) in [6.45, 7) is 0.361. The molecule has 0 amide bonds. The minimum absolute atomic E-state index is 0.361. The van der Waals surface area contributed by atoms with Crippen molar-refractivity contribution in [1.29, 1.82) is 0 Å². The van der Waals surface area contributed by atoms with E-state index in [-0.39, 0.29) is 0 Å². The van der Waals surface area contributed by atoms with Crippen LogP contribution in [0.25, 0.3) is 0 Å². The zero-order chi connectivity index (χ0) is 13.5. The third-order valence-corrected chi connectivity index (χ3v) is 2.05. The Balaban J connectivity index is 0.000000437. The molecule has 0 aliphatic carbocycles. The molecule has 1 rings (SSSR count). The molecular formula is C9H14FNO4S2. The van der Waals surface area contributed by atoms with Gasteiger partial charge in [-0.1, -0.05) is 30.3 Å². The largest absolute Gasteiger partial charge is 0.299 e. The van der Waals surface area contributed by atoms with Gasteiger partial charge in [0.2, 0.25) is 10.0 Å². The molecule has 0 heterocycles. The van der Waals surface area contributed by atoms with Crippen molar-refractivity contribution in [3.63, 3.8) is 0 Å². The molecule has 0 radical (unpaired) electrons. The van der Waals surface area contributed by atoms with E-state index in [0.29, 0.717) is 12.8 Å². The summed E-state index contributed by atoms with van der Waals surface area (Å²) in [6.07, 6.45) is 1.64. The molecule has 0 aliphatic heterocycles. The first-order valence-electron chi connectivity index (χ1n) is 4.46. The van der Waals surface area contributed by atoms with Crippen LogP contribution in [0.4, 0.5) is 3.89 Å². The van der Waals surface area contributed by atoms with E-state index in [1.54, 1.807) is 0 Å². The Labute approximate surface area is 101 Å². The van der Waals surface area contributed by atoms with E-state index in [0.717, 1.165) is 11.8 Å². The number of benzene rings is 1. The van der Waals surface area contributed by atoms with Crippen LogP contribution in [0.15, 0.2) is 30.3 Å². The van der Waals surface area contributed by atoms with Crippen LogP contribution in [0.3, 0.4) is 0 Å². The highest BCUT2D eigenvalue weighted by atomic mass is 32.3. The molecule has 0 aliphatic rings. The normalized spacial score (nSPS) is 11.5. The predicted molar refractivity (Wildman–Crippen MR) is 64.1 cm³/mol. The molecule has 8 heteroatoms. The second kappa shape index (κ2) is 6.67. The average Bonchev–Trinajstić information content (AvgIpc) is 2.13. The van der Waals surface area contributed by atoms with Crippen molar-refractivity contribution in [2.75, 3.05) is 12.5 Å². The molecule has 98 valence electrons. The van der Waals surface area contributed by atoms with Gasteiger partial charge in [-0.15, -0.1) is 3.89 Å². The zero-order valence-electron chi connectivity index (χ0n) is 9.42. The minimum atomic E-state index is -4.17. The first-order chi connectivity index (χ1) is 7.58. The van der Waals surface area contributed by atoms with Gasteiger partial charge < -0.3 is 0 Å². The maximum atomic E-state index is 10.7. The molecule has 0 atom stereocenters. The number of hydrogen-bond donors (Lipinski definition) is 1. The zero-order valence-corrected chi connectivity index (χ0v) is 11.1. The van der Waals surface area contributed by atoms with E-state index in [1.165, 1.54) is 0 Å². The third-order valence-electron chi connectivity index (χ3n) is 1.38. The van der Waals surface area contributed by atoms with E-state index in [1.807, 2.05) is 30.3 Å². The molecule has 0 fully saturated rings. The van der Waals surface area contributed by atoms with E-state index in [2.05, 4.69) is 4.72 Å². The number of halogens is 1. The molecule has 0 saturated carbocycles. The highest BCUT2D eigenvalue weighted by molar-refractivity contribution is 7.88. The smallest absolute Gasteiger partial charge is 0.213 e. The van der Waals surface area contributed by atoms with Crippen LogP contribution in [-0.4, -0.2) is 29.3 Å². The lowest BCUT2D eigenvalue weighted by molar-refractivity contribution is 0.559. The summed E-state index contributed by atoms with van der Waals surface area (Å²) in [6, 6.07) is 9.39. The van der Waals surface area contributed by atoms with Gasteiger partial charge >= 0.3 is 0 Å². The van der Waals surface area contributed by atoms with Crippen molar-refractivity contribution < 1.29 is 20.7 Å². The Hall–Kier alpha value is -0.990. The maximum absolute atomic E-state index is 10.7. The summed E-state index contributed by atoms with van der Waals surface area (Å²) in [7, 11) is -7.24. The van der Waals surface area contributed by atoms with Gasteiger partial charge in [-0.25, -0.2) is 13.1 Å². The fourth-order valence-electron chi connectivity index (χ4n) is 0.810. The van der Waals surface area contributed by atoms with Gasteiger partial charge in [0.15, 0.2) is 0 Å². The second-order valence-corrected chi connectivity index (χ2v) is 6.46. The van der Waals surface area contributed by atoms with E-state index < -0.39 is 20.2 Å². The predicted octanol–water partition coefficient (Wildman–Crippen LogP) is 0.651. The molecule has 0 aromatic heterocycles. The summed E-state index contributed by atoms with van der Waals surface area (Å²) in [5.74, 6) is 0. The molecule has 1 aromatic carbocycles. The van der Waals surface area contributed by atoms with Gasteiger partial charge in [0, 0.05) is 6.54 Å². The van der Waals surface area contributed by atoms with Gasteiger partial charge in [0.05, 0.1) is 12.5 Å². The molecular weight excluding hydrogens is 269 g/mol. The quantitative estimate of drug-likeness (QED) is 0.826. The van der Waals surface area contributed by atoms with Crippen molar-refractivity contribution >= 4 is 20.2 Å². The van der Waals surface area contributed by atoms with Crippen molar-refractivity contribution in [3.8, 4) is 0 Å². The fourth-order valence-corrected chi connectivity index (χ4v) is 1.24. The highest BCUT2D eigenvalue weighted by Gasteiger charge is 1.98. The molecule has 17 heavy (non-hydrogen) atoms. The van der Waals surface area contributed by atoms with Crippen LogP contribution >= 0.6 is 0 Å². The summed E-state index contributed by atoms with van der Waals surface area (Å²) in [4.78, 5) is 0. The standard InChI is InChI=1S/C8H11NO2S.CH3FO2S/c1-12(10,11)9-7-8-5-3-2-4-6-8;1-5(2,3)4/h2-6,9H,7H2,1H3;1H3. The Morgan fingerprint density at radius 3 is 1.82 bits per heavy atom. The lowest BCUT2D eigenvalue weighted by Gasteiger charge is -2.00. The second-order valence-electron chi connectivity index (χ2n) is 3.26. The van der Waals surface area contributed by atoms with Crippen LogP contribution in [0.5, 0.6) is 0 Å². The average molecular weight is 283 g/mol. The van der Waals surface area contributed by atoms with Crippen LogP contribution in [0.2, 0.25) is 0 Å². The maximum Gasteiger partial charge on any atom is 0.299 e. The monoisotopic (exact) mass is 283 g/mol. The lowest BCUT2D eigenvalue weighted by Crippen LogP contribution is -2.20. The summed E-state index contributed by atoms with van der Waals surface area (Å²) in [5.41, 5.74) is 0.961. The highest BCUT2D eigenvalue weighted by Crippen LogP contribution is 1.97.